The first-order valence-corrected chi connectivity index (χ1v) is 10.5. The molecule has 0 bridgehead atoms. The van der Waals surface area contributed by atoms with Crippen molar-refractivity contribution in [3.8, 4) is 0 Å². The lowest BCUT2D eigenvalue weighted by Gasteiger charge is -2.15. The van der Waals surface area contributed by atoms with Crippen LogP contribution in [0.25, 0.3) is 0 Å². The van der Waals surface area contributed by atoms with Gasteiger partial charge in [0.2, 0.25) is 0 Å². The molecule has 3 rings (SSSR count). The number of hydrogen-bond acceptors (Lipinski definition) is 3. The first-order valence-electron chi connectivity index (χ1n) is 8.73. The van der Waals surface area contributed by atoms with Crippen LogP contribution in [0.5, 0.6) is 0 Å². The summed E-state index contributed by atoms with van der Waals surface area (Å²) in [5.74, 6) is 1.63. The van der Waals surface area contributed by atoms with E-state index in [1.807, 2.05) is 0 Å². The van der Waals surface area contributed by atoms with Crippen LogP contribution in [0.4, 0.5) is 0 Å². The van der Waals surface area contributed by atoms with Gasteiger partial charge in [-0.1, -0.05) is 23.8 Å². The molecule has 0 amide bonds. The number of sulfone groups is 1. The number of nitrogens with one attached hydrogen (secondary N) is 2. The molecule has 0 radical (unpaired) electrons. The first-order chi connectivity index (χ1) is 11.4. The molecular formula is C18H27N3O2S. The van der Waals surface area contributed by atoms with E-state index in [9.17, 15) is 8.42 Å². The van der Waals surface area contributed by atoms with Crippen molar-refractivity contribution in [2.24, 2.45) is 10.9 Å². The van der Waals surface area contributed by atoms with Crippen molar-refractivity contribution in [1.29, 1.82) is 0 Å². The lowest BCUT2D eigenvalue weighted by Crippen LogP contribution is -2.41. The second-order valence-electron chi connectivity index (χ2n) is 7.16. The van der Waals surface area contributed by atoms with Crippen molar-refractivity contribution in [2.75, 3.05) is 18.1 Å². The molecule has 1 saturated carbocycles. The van der Waals surface area contributed by atoms with Gasteiger partial charge in [0, 0.05) is 12.6 Å². The Hall–Kier alpha value is -1.56. The second-order valence-corrected chi connectivity index (χ2v) is 9.39. The summed E-state index contributed by atoms with van der Waals surface area (Å²) in [5.41, 5.74) is 3.74. The van der Waals surface area contributed by atoms with Crippen molar-refractivity contribution < 1.29 is 8.42 Å². The van der Waals surface area contributed by atoms with Gasteiger partial charge in [-0.05, 0) is 50.2 Å². The van der Waals surface area contributed by atoms with Gasteiger partial charge in [-0.2, -0.15) is 0 Å². The van der Waals surface area contributed by atoms with Crippen LogP contribution in [0.15, 0.2) is 23.2 Å². The summed E-state index contributed by atoms with van der Waals surface area (Å²) in [6.45, 7) is 5.52. The molecule has 1 aromatic rings. The summed E-state index contributed by atoms with van der Waals surface area (Å²) >= 11 is 0. The van der Waals surface area contributed by atoms with Gasteiger partial charge in [-0.3, -0.25) is 0 Å². The zero-order chi connectivity index (χ0) is 17.2. The molecule has 1 atom stereocenters. The van der Waals surface area contributed by atoms with Gasteiger partial charge in [-0.15, -0.1) is 0 Å². The monoisotopic (exact) mass is 349 g/mol. The summed E-state index contributed by atoms with van der Waals surface area (Å²) in [6.07, 6.45) is 3.12. The van der Waals surface area contributed by atoms with Gasteiger partial charge in [0.1, 0.15) is 0 Å². The largest absolute Gasteiger partial charge is 0.356 e. The van der Waals surface area contributed by atoms with Gasteiger partial charge >= 0.3 is 0 Å². The van der Waals surface area contributed by atoms with Crippen molar-refractivity contribution in [3.05, 3.63) is 34.9 Å². The topological polar surface area (TPSA) is 70.6 Å². The Morgan fingerprint density at radius 2 is 2.04 bits per heavy atom. The van der Waals surface area contributed by atoms with E-state index in [4.69, 9.17) is 4.99 Å². The molecule has 1 aliphatic carbocycles. The number of rotatable bonds is 5. The van der Waals surface area contributed by atoms with Crippen LogP contribution in [-0.4, -0.2) is 38.5 Å². The minimum absolute atomic E-state index is 0.197. The van der Waals surface area contributed by atoms with Crippen molar-refractivity contribution >= 4 is 15.8 Å². The maximum atomic E-state index is 11.6. The predicted octanol–water partition coefficient (Wildman–Crippen LogP) is 1.94. The average molecular weight is 350 g/mol. The van der Waals surface area contributed by atoms with Crippen LogP contribution in [0, 0.1) is 19.8 Å². The third kappa shape index (κ3) is 4.97. The number of aryl methyl sites for hydroxylation is 2. The van der Waals surface area contributed by atoms with Crippen LogP contribution >= 0.6 is 0 Å². The summed E-state index contributed by atoms with van der Waals surface area (Å²) < 4.78 is 23.2. The zero-order valence-electron chi connectivity index (χ0n) is 14.5. The Balaban J connectivity index is 1.60. The molecule has 2 fully saturated rings. The van der Waals surface area contributed by atoms with Crippen molar-refractivity contribution in [1.82, 2.24) is 10.6 Å². The zero-order valence-corrected chi connectivity index (χ0v) is 15.3. The molecule has 2 aliphatic rings. The highest BCUT2D eigenvalue weighted by molar-refractivity contribution is 7.91. The molecule has 5 nitrogen and oxygen atoms in total. The van der Waals surface area contributed by atoms with E-state index in [1.165, 1.54) is 29.5 Å². The third-order valence-electron chi connectivity index (χ3n) is 4.71. The van der Waals surface area contributed by atoms with Crippen LogP contribution in [0.3, 0.4) is 0 Å². The Morgan fingerprint density at radius 3 is 2.67 bits per heavy atom. The van der Waals surface area contributed by atoms with Crippen LogP contribution in [0.1, 0.15) is 36.0 Å². The molecule has 132 valence electrons. The maximum absolute atomic E-state index is 11.6. The molecule has 1 aliphatic heterocycles. The minimum Gasteiger partial charge on any atom is -0.356 e. The number of benzene rings is 1. The van der Waals surface area contributed by atoms with Crippen LogP contribution in [0.2, 0.25) is 0 Å². The highest BCUT2D eigenvalue weighted by atomic mass is 32.2. The van der Waals surface area contributed by atoms with Crippen LogP contribution in [-0.2, 0) is 16.4 Å². The maximum Gasteiger partial charge on any atom is 0.191 e. The van der Waals surface area contributed by atoms with E-state index in [2.05, 4.69) is 42.7 Å². The smallest absolute Gasteiger partial charge is 0.191 e. The van der Waals surface area contributed by atoms with Crippen molar-refractivity contribution in [2.45, 2.75) is 45.7 Å². The van der Waals surface area contributed by atoms with Gasteiger partial charge in [-0.25, -0.2) is 13.4 Å². The average Bonchev–Trinajstić information content (AvgIpc) is 3.26. The van der Waals surface area contributed by atoms with E-state index in [-0.39, 0.29) is 5.92 Å². The standard InChI is InChI=1S/C18H27N3O2S/c1-13-3-4-16(14(2)9-13)11-20-18(21-17-5-6-17)19-10-15-7-8-24(22,23)12-15/h3-4,9,15,17H,5-8,10-12H2,1-2H3,(H2,19,20,21). The second kappa shape index (κ2) is 7.13. The van der Waals surface area contributed by atoms with Crippen molar-refractivity contribution in [3.63, 3.8) is 0 Å². The highest BCUT2D eigenvalue weighted by Crippen LogP contribution is 2.20. The first kappa shape index (κ1) is 17.3. The van der Waals surface area contributed by atoms with Gasteiger partial charge < -0.3 is 10.6 Å². The van der Waals surface area contributed by atoms with E-state index in [0.29, 0.717) is 30.6 Å². The third-order valence-corrected chi connectivity index (χ3v) is 6.55. The van der Waals surface area contributed by atoms with Crippen LogP contribution < -0.4 is 10.6 Å². The molecular weight excluding hydrogens is 322 g/mol. The Morgan fingerprint density at radius 1 is 1.25 bits per heavy atom. The SMILES string of the molecule is Cc1ccc(CN=C(NCC2CCS(=O)(=O)C2)NC2CC2)c(C)c1. The Kier molecular flexibility index (Phi) is 5.13. The Bertz CT molecular complexity index is 724. The fraction of sp³-hybridized carbons (Fsp3) is 0.611. The molecule has 0 spiro atoms. The molecule has 6 heteroatoms. The molecule has 1 heterocycles. The number of guanidine groups is 1. The molecule has 1 unspecified atom stereocenters. The minimum atomic E-state index is -2.82. The predicted molar refractivity (Wildman–Crippen MR) is 98.0 cm³/mol. The number of aliphatic imine (C=N–C) groups is 1. The molecule has 0 aromatic heterocycles. The fourth-order valence-corrected chi connectivity index (χ4v) is 4.90. The number of nitrogens with zero attached hydrogens (tertiary/aromatic N) is 1. The lowest BCUT2D eigenvalue weighted by molar-refractivity contribution is 0.566. The van der Waals surface area contributed by atoms with E-state index in [1.54, 1.807) is 0 Å². The number of hydrogen-bond donors (Lipinski definition) is 2. The normalized spacial score (nSPS) is 23.2. The fourth-order valence-electron chi connectivity index (χ4n) is 3.04. The lowest BCUT2D eigenvalue weighted by atomic mass is 10.1. The van der Waals surface area contributed by atoms with Gasteiger partial charge in [0.15, 0.2) is 15.8 Å². The molecule has 24 heavy (non-hydrogen) atoms. The van der Waals surface area contributed by atoms with E-state index >= 15 is 0 Å². The molecule has 2 N–H and O–H groups in total. The summed E-state index contributed by atoms with van der Waals surface area (Å²) in [6, 6.07) is 6.94. The molecule has 1 saturated heterocycles. The summed E-state index contributed by atoms with van der Waals surface area (Å²) in [5, 5.41) is 6.77. The summed E-state index contributed by atoms with van der Waals surface area (Å²) in [4.78, 5) is 4.71. The van der Waals surface area contributed by atoms with E-state index < -0.39 is 9.84 Å². The van der Waals surface area contributed by atoms with E-state index in [0.717, 1.165) is 12.4 Å². The molecule has 1 aromatic carbocycles. The quantitative estimate of drug-likeness (QED) is 0.629. The Labute approximate surface area is 144 Å². The van der Waals surface area contributed by atoms with Gasteiger partial charge in [0.05, 0.1) is 18.1 Å². The highest BCUT2D eigenvalue weighted by Gasteiger charge is 2.28. The van der Waals surface area contributed by atoms with Gasteiger partial charge in [0.25, 0.3) is 0 Å². The summed E-state index contributed by atoms with van der Waals surface area (Å²) in [7, 11) is -2.82.